The first kappa shape index (κ1) is 21.0. The Labute approximate surface area is 174 Å². The summed E-state index contributed by atoms with van der Waals surface area (Å²) in [5.41, 5.74) is 2.74. The minimum absolute atomic E-state index is 0.0327. The zero-order valence-electron chi connectivity index (χ0n) is 17.0. The molecule has 3 aromatic rings. The highest BCUT2D eigenvalue weighted by molar-refractivity contribution is 5.98. The summed E-state index contributed by atoms with van der Waals surface area (Å²) in [5.74, 6) is 1.82. The maximum Gasteiger partial charge on any atom is 0.290 e. The Bertz CT molecular complexity index is 1080. The van der Waals surface area contributed by atoms with E-state index in [4.69, 9.17) is 24.1 Å². The summed E-state index contributed by atoms with van der Waals surface area (Å²) in [6, 6.07) is 15.9. The van der Waals surface area contributed by atoms with Crippen molar-refractivity contribution in [1.82, 2.24) is 0 Å². The second-order valence-corrected chi connectivity index (χ2v) is 6.61. The average molecular weight is 409 g/mol. The zero-order chi connectivity index (χ0) is 21.7. The van der Waals surface area contributed by atoms with Gasteiger partial charge in [0, 0.05) is 29.7 Å². The van der Waals surface area contributed by atoms with E-state index in [2.05, 4.69) is 17.4 Å². The smallest absolute Gasteiger partial charge is 0.290 e. The highest BCUT2D eigenvalue weighted by atomic mass is 16.5. The van der Waals surface area contributed by atoms with Crippen LogP contribution in [0.15, 0.2) is 48.5 Å². The van der Waals surface area contributed by atoms with Crippen molar-refractivity contribution in [3.05, 3.63) is 59.7 Å². The van der Waals surface area contributed by atoms with Crippen molar-refractivity contribution in [3.8, 4) is 17.2 Å². The Balaban J connectivity index is 0.000000806. The van der Waals surface area contributed by atoms with E-state index in [-0.39, 0.29) is 18.3 Å². The molecule has 0 radical (unpaired) electrons. The third-order valence-corrected chi connectivity index (χ3v) is 5.09. The number of nitrogens with one attached hydrogen (secondary N) is 1. The summed E-state index contributed by atoms with van der Waals surface area (Å²) >= 11 is 0. The van der Waals surface area contributed by atoms with Crippen LogP contribution in [0.1, 0.15) is 23.5 Å². The molecular weight excluding hydrogens is 386 g/mol. The van der Waals surface area contributed by atoms with E-state index >= 15 is 0 Å². The lowest BCUT2D eigenvalue weighted by atomic mass is 9.81. The molecule has 1 unspecified atom stereocenters. The molecule has 0 aromatic heterocycles. The third-order valence-electron chi connectivity index (χ3n) is 5.09. The van der Waals surface area contributed by atoms with Gasteiger partial charge >= 0.3 is 0 Å². The van der Waals surface area contributed by atoms with E-state index in [0.717, 1.165) is 33.3 Å². The van der Waals surface area contributed by atoms with Crippen LogP contribution in [-0.2, 0) is 9.59 Å². The fourth-order valence-corrected chi connectivity index (χ4v) is 3.86. The van der Waals surface area contributed by atoms with Gasteiger partial charge in [-0.3, -0.25) is 9.59 Å². The summed E-state index contributed by atoms with van der Waals surface area (Å²) in [7, 11) is 4.85. The number of hydrogen-bond acceptors (Lipinski definition) is 5. The van der Waals surface area contributed by atoms with Gasteiger partial charge in [-0.1, -0.05) is 30.3 Å². The van der Waals surface area contributed by atoms with Crippen LogP contribution in [0.4, 0.5) is 5.69 Å². The molecule has 1 atom stereocenters. The standard InChI is InChI=1S/C22H21NO4.CH2O2/c1-25-18-9-8-13-6-4-5-7-14(13)22(18)16-11-21(24)23-17-12-20(27-3)19(26-2)10-15(16)17;2-1-3/h4-10,12,16H,11H2,1-3H3,(H,23,24);1H,(H,2,3). The minimum atomic E-state index is -0.250. The molecule has 7 nitrogen and oxygen atoms in total. The number of hydrogen-bond donors (Lipinski definition) is 2. The Hall–Kier alpha value is -3.74. The molecule has 0 bridgehead atoms. The van der Waals surface area contributed by atoms with Crippen LogP contribution in [0, 0.1) is 0 Å². The fourth-order valence-electron chi connectivity index (χ4n) is 3.86. The summed E-state index contributed by atoms with van der Waals surface area (Å²) < 4.78 is 16.6. The Morgan fingerprint density at radius 2 is 1.60 bits per heavy atom. The lowest BCUT2D eigenvalue weighted by Crippen LogP contribution is -2.24. The van der Waals surface area contributed by atoms with Gasteiger partial charge in [-0.25, -0.2) is 0 Å². The van der Waals surface area contributed by atoms with Gasteiger partial charge in [0.15, 0.2) is 11.5 Å². The molecule has 1 amide bonds. The minimum Gasteiger partial charge on any atom is -0.496 e. The largest absolute Gasteiger partial charge is 0.496 e. The van der Waals surface area contributed by atoms with Crippen molar-refractivity contribution >= 4 is 28.8 Å². The zero-order valence-corrected chi connectivity index (χ0v) is 17.0. The highest BCUT2D eigenvalue weighted by Crippen LogP contribution is 2.47. The Kier molecular flexibility index (Phi) is 6.41. The van der Waals surface area contributed by atoms with Crippen molar-refractivity contribution in [3.63, 3.8) is 0 Å². The maximum absolute atomic E-state index is 12.5. The number of carbonyl (C=O) groups excluding carboxylic acids is 1. The molecule has 1 heterocycles. The molecule has 0 aliphatic carbocycles. The number of anilines is 1. The van der Waals surface area contributed by atoms with Gasteiger partial charge in [0.1, 0.15) is 5.75 Å². The number of fused-ring (bicyclic) bond motifs is 2. The van der Waals surface area contributed by atoms with Crippen molar-refractivity contribution in [1.29, 1.82) is 0 Å². The Morgan fingerprint density at radius 1 is 0.967 bits per heavy atom. The second-order valence-electron chi connectivity index (χ2n) is 6.61. The molecule has 1 aliphatic heterocycles. The number of amides is 1. The molecule has 1 aliphatic rings. The van der Waals surface area contributed by atoms with Crippen LogP contribution in [0.25, 0.3) is 10.8 Å². The van der Waals surface area contributed by atoms with Crippen LogP contribution in [0.2, 0.25) is 0 Å². The predicted molar refractivity (Wildman–Crippen MR) is 114 cm³/mol. The average Bonchev–Trinajstić information content (AvgIpc) is 2.77. The molecule has 4 rings (SSSR count). The van der Waals surface area contributed by atoms with Gasteiger partial charge in [0.05, 0.1) is 21.3 Å². The van der Waals surface area contributed by atoms with Crippen molar-refractivity contribution < 1.29 is 28.9 Å². The van der Waals surface area contributed by atoms with Crippen LogP contribution in [0.3, 0.4) is 0 Å². The van der Waals surface area contributed by atoms with Gasteiger partial charge in [-0.05, 0) is 28.5 Å². The van der Waals surface area contributed by atoms with Gasteiger partial charge in [-0.15, -0.1) is 0 Å². The lowest BCUT2D eigenvalue weighted by Gasteiger charge is -2.29. The quantitative estimate of drug-likeness (QED) is 0.632. The monoisotopic (exact) mass is 409 g/mol. The molecule has 2 N–H and O–H groups in total. The Morgan fingerprint density at radius 3 is 2.27 bits per heavy atom. The summed E-state index contributed by atoms with van der Waals surface area (Å²) in [6.07, 6.45) is 0.340. The second kappa shape index (κ2) is 9.17. The van der Waals surface area contributed by atoms with E-state index in [9.17, 15) is 4.79 Å². The number of ether oxygens (including phenoxy) is 3. The number of methoxy groups -OCH3 is 3. The van der Waals surface area contributed by atoms with E-state index < -0.39 is 0 Å². The number of carbonyl (C=O) groups is 2. The molecule has 156 valence electrons. The molecule has 7 heteroatoms. The summed E-state index contributed by atoms with van der Waals surface area (Å²) in [6.45, 7) is -0.250. The van der Waals surface area contributed by atoms with E-state index in [1.807, 2.05) is 36.4 Å². The van der Waals surface area contributed by atoms with Gasteiger partial charge in [-0.2, -0.15) is 0 Å². The van der Waals surface area contributed by atoms with E-state index in [0.29, 0.717) is 17.9 Å². The number of carboxylic acid groups (broad SMARTS) is 1. The van der Waals surface area contributed by atoms with Crippen LogP contribution < -0.4 is 19.5 Å². The molecule has 3 aromatic carbocycles. The molecule has 0 saturated heterocycles. The van der Waals surface area contributed by atoms with Gasteiger partial charge < -0.3 is 24.6 Å². The normalized spacial score (nSPS) is 14.6. The molecule has 0 fully saturated rings. The lowest BCUT2D eigenvalue weighted by molar-refractivity contribution is -0.123. The highest BCUT2D eigenvalue weighted by Gasteiger charge is 2.31. The first-order valence-corrected chi connectivity index (χ1v) is 9.27. The first-order valence-electron chi connectivity index (χ1n) is 9.27. The number of rotatable bonds is 4. The van der Waals surface area contributed by atoms with E-state index in [1.54, 1.807) is 21.3 Å². The van der Waals surface area contributed by atoms with E-state index in [1.165, 1.54) is 0 Å². The van der Waals surface area contributed by atoms with Crippen molar-refractivity contribution in [2.45, 2.75) is 12.3 Å². The third kappa shape index (κ3) is 3.87. The van der Waals surface area contributed by atoms with Crippen LogP contribution >= 0.6 is 0 Å². The van der Waals surface area contributed by atoms with Gasteiger partial charge in [0.25, 0.3) is 6.47 Å². The first-order chi connectivity index (χ1) is 14.6. The van der Waals surface area contributed by atoms with Crippen molar-refractivity contribution in [2.24, 2.45) is 0 Å². The topological polar surface area (TPSA) is 94.1 Å². The number of benzene rings is 3. The van der Waals surface area contributed by atoms with Crippen LogP contribution in [0.5, 0.6) is 17.2 Å². The molecule has 30 heavy (non-hydrogen) atoms. The summed E-state index contributed by atoms with van der Waals surface area (Å²) in [5, 5.41) is 12.0. The maximum atomic E-state index is 12.5. The fraction of sp³-hybridized carbons (Fsp3) is 0.217. The van der Waals surface area contributed by atoms with Crippen molar-refractivity contribution in [2.75, 3.05) is 26.6 Å². The SMILES string of the molecule is COc1cc2c(cc1OC)C(c1c(OC)ccc3ccccc13)CC(=O)N2.O=CO. The molecule has 0 saturated carbocycles. The van der Waals surface area contributed by atoms with Crippen LogP contribution in [-0.4, -0.2) is 38.8 Å². The summed E-state index contributed by atoms with van der Waals surface area (Å²) in [4.78, 5) is 20.8. The van der Waals surface area contributed by atoms with Gasteiger partial charge in [0.2, 0.25) is 5.91 Å². The molecular formula is C23H23NO6. The molecule has 0 spiro atoms. The predicted octanol–water partition coefficient (Wildman–Crippen LogP) is 4.04.